The summed E-state index contributed by atoms with van der Waals surface area (Å²) in [6.45, 7) is 6.04. The number of nitrogens with two attached hydrogens (primary N) is 1. The fraction of sp³-hybridized carbons (Fsp3) is 0.643. The number of rotatable bonds is 3. The summed E-state index contributed by atoms with van der Waals surface area (Å²) >= 11 is 0. The molecule has 0 unspecified atom stereocenters. The molecule has 3 heterocycles. The van der Waals surface area contributed by atoms with E-state index in [9.17, 15) is 0 Å². The van der Waals surface area contributed by atoms with E-state index in [0.29, 0.717) is 5.82 Å². The molecule has 2 aromatic heterocycles. The van der Waals surface area contributed by atoms with Gasteiger partial charge in [0.1, 0.15) is 17.5 Å². The highest BCUT2D eigenvalue weighted by molar-refractivity contribution is 5.28. The van der Waals surface area contributed by atoms with Gasteiger partial charge in [-0.25, -0.2) is 0 Å². The molecule has 1 aliphatic heterocycles. The van der Waals surface area contributed by atoms with Crippen molar-refractivity contribution in [2.75, 3.05) is 5.73 Å². The quantitative estimate of drug-likeness (QED) is 0.927. The second-order valence-electron chi connectivity index (χ2n) is 5.73. The number of hydrogen-bond donors (Lipinski definition) is 1. The van der Waals surface area contributed by atoms with E-state index >= 15 is 0 Å². The number of nitrogen functional groups attached to an aromatic ring is 1. The molecule has 0 bridgehead atoms. The summed E-state index contributed by atoms with van der Waals surface area (Å²) in [5, 5.41) is 13.1. The molecule has 0 fully saturated rings. The number of aryl methyl sites for hydroxylation is 2. The lowest BCUT2D eigenvalue weighted by atomic mass is 10.1. The number of fused-ring (bicyclic) bond motifs is 1. The summed E-state index contributed by atoms with van der Waals surface area (Å²) in [7, 11) is 0. The van der Waals surface area contributed by atoms with Gasteiger partial charge in [0.05, 0.1) is 6.54 Å². The first-order chi connectivity index (χ1) is 9.65. The first-order valence-corrected chi connectivity index (χ1v) is 7.37. The Kier molecular flexibility index (Phi) is 3.46. The molecule has 20 heavy (non-hydrogen) atoms. The topological polar surface area (TPSA) is 74.6 Å². The van der Waals surface area contributed by atoms with Crippen molar-refractivity contribution in [1.29, 1.82) is 0 Å². The fourth-order valence-electron chi connectivity index (χ4n) is 2.93. The van der Waals surface area contributed by atoms with Crippen molar-refractivity contribution in [3.8, 4) is 0 Å². The van der Waals surface area contributed by atoms with Crippen molar-refractivity contribution >= 4 is 5.82 Å². The SMILES string of the molecule is Cc1cc(N)nn1C[C@H](C)c1nnc2n1CCCCC2. The van der Waals surface area contributed by atoms with Crippen molar-refractivity contribution in [1.82, 2.24) is 24.5 Å². The first-order valence-electron chi connectivity index (χ1n) is 7.37. The van der Waals surface area contributed by atoms with Crippen LogP contribution in [0.25, 0.3) is 0 Å². The molecule has 3 rings (SSSR count). The summed E-state index contributed by atoms with van der Waals surface area (Å²) in [6.07, 6.45) is 4.78. The number of anilines is 1. The van der Waals surface area contributed by atoms with E-state index in [-0.39, 0.29) is 5.92 Å². The van der Waals surface area contributed by atoms with Gasteiger partial charge in [0.25, 0.3) is 0 Å². The van der Waals surface area contributed by atoms with Gasteiger partial charge in [-0.05, 0) is 19.8 Å². The molecule has 0 radical (unpaired) electrons. The normalized spacial score (nSPS) is 16.7. The average Bonchev–Trinajstić information content (AvgIpc) is 2.85. The third-order valence-electron chi connectivity index (χ3n) is 4.03. The maximum atomic E-state index is 5.74. The molecule has 108 valence electrons. The summed E-state index contributed by atoms with van der Waals surface area (Å²) in [5.74, 6) is 3.08. The first kappa shape index (κ1) is 13.1. The van der Waals surface area contributed by atoms with Crippen molar-refractivity contribution < 1.29 is 0 Å². The molecular weight excluding hydrogens is 252 g/mol. The number of aromatic nitrogens is 5. The molecule has 1 atom stereocenters. The zero-order valence-electron chi connectivity index (χ0n) is 12.2. The molecule has 0 aliphatic carbocycles. The zero-order chi connectivity index (χ0) is 14.1. The van der Waals surface area contributed by atoms with Crippen LogP contribution in [0.4, 0.5) is 5.82 Å². The van der Waals surface area contributed by atoms with E-state index in [1.807, 2.05) is 17.7 Å². The molecule has 1 aliphatic rings. The highest BCUT2D eigenvalue weighted by atomic mass is 15.3. The van der Waals surface area contributed by atoms with Crippen molar-refractivity contribution in [2.45, 2.75) is 58.5 Å². The predicted molar refractivity (Wildman–Crippen MR) is 77.4 cm³/mol. The van der Waals surface area contributed by atoms with E-state index in [0.717, 1.165) is 36.9 Å². The molecule has 0 aromatic carbocycles. The Morgan fingerprint density at radius 3 is 2.90 bits per heavy atom. The lowest BCUT2D eigenvalue weighted by molar-refractivity contribution is 0.487. The third-order valence-corrected chi connectivity index (χ3v) is 4.03. The lowest BCUT2D eigenvalue weighted by Crippen LogP contribution is -2.15. The molecule has 0 amide bonds. The molecule has 0 saturated carbocycles. The van der Waals surface area contributed by atoms with Gasteiger partial charge in [0.15, 0.2) is 0 Å². The van der Waals surface area contributed by atoms with Crippen LogP contribution >= 0.6 is 0 Å². The van der Waals surface area contributed by atoms with Crippen LogP contribution in [0, 0.1) is 6.92 Å². The Bertz CT molecular complexity index is 597. The van der Waals surface area contributed by atoms with Crippen LogP contribution in [0.2, 0.25) is 0 Å². The van der Waals surface area contributed by atoms with Crippen LogP contribution in [0.3, 0.4) is 0 Å². The Morgan fingerprint density at radius 2 is 2.15 bits per heavy atom. The van der Waals surface area contributed by atoms with Gasteiger partial charge in [0, 0.05) is 30.6 Å². The zero-order valence-corrected chi connectivity index (χ0v) is 12.2. The van der Waals surface area contributed by atoms with E-state index in [1.165, 1.54) is 19.3 Å². The van der Waals surface area contributed by atoms with E-state index < -0.39 is 0 Å². The monoisotopic (exact) mass is 274 g/mol. The van der Waals surface area contributed by atoms with Crippen molar-refractivity contribution in [3.05, 3.63) is 23.4 Å². The van der Waals surface area contributed by atoms with Crippen LogP contribution in [-0.4, -0.2) is 24.5 Å². The van der Waals surface area contributed by atoms with Crippen molar-refractivity contribution in [2.24, 2.45) is 0 Å². The average molecular weight is 274 g/mol. The highest BCUT2D eigenvalue weighted by Crippen LogP contribution is 2.21. The molecular formula is C14H22N6. The van der Waals surface area contributed by atoms with Gasteiger partial charge in [-0.3, -0.25) is 4.68 Å². The maximum absolute atomic E-state index is 5.74. The number of nitrogens with zero attached hydrogens (tertiary/aromatic N) is 5. The molecule has 0 saturated heterocycles. The third kappa shape index (κ3) is 2.42. The van der Waals surface area contributed by atoms with Crippen molar-refractivity contribution in [3.63, 3.8) is 0 Å². The minimum absolute atomic E-state index is 0.285. The maximum Gasteiger partial charge on any atom is 0.145 e. The van der Waals surface area contributed by atoms with Gasteiger partial charge in [-0.1, -0.05) is 13.3 Å². The van der Waals surface area contributed by atoms with E-state index in [4.69, 9.17) is 5.73 Å². The minimum atomic E-state index is 0.285. The molecule has 6 nitrogen and oxygen atoms in total. The fourth-order valence-corrected chi connectivity index (χ4v) is 2.93. The standard InChI is InChI=1S/C14H22N6/c1-10(9-20-11(2)8-12(15)18-20)14-17-16-13-6-4-3-5-7-19(13)14/h8,10H,3-7,9H2,1-2H3,(H2,15,18)/t10-/m0/s1. The van der Waals surface area contributed by atoms with Crippen LogP contribution in [0.15, 0.2) is 6.07 Å². The highest BCUT2D eigenvalue weighted by Gasteiger charge is 2.20. The van der Waals surface area contributed by atoms with E-state index in [2.05, 4.69) is 26.8 Å². The summed E-state index contributed by atoms with van der Waals surface area (Å²) in [4.78, 5) is 0. The van der Waals surface area contributed by atoms with Gasteiger partial charge in [-0.15, -0.1) is 10.2 Å². The largest absolute Gasteiger partial charge is 0.382 e. The van der Waals surface area contributed by atoms with Gasteiger partial charge in [-0.2, -0.15) is 5.10 Å². The van der Waals surface area contributed by atoms with Gasteiger partial charge in [0.2, 0.25) is 0 Å². The Morgan fingerprint density at radius 1 is 1.30 bits per heavy atom. The Hall–Kier alpha value is -1.85. The Labute approximate surface area is 119 Å². The smallest absolute Gasteiger partial charge is 0.145 e. The molecule has 6 heteroatoms. The van der Waals surface area contributed by atoms with Crippen LogP contribution in [-0.2, 0) is 19.5 Å². The Balaban J connectivity index is 1.82. The minimum Gasteiger partial charge on any atom is -0.382 e. The van der Waals surface area contributed by atoms with Crippen LogP contribution in [0.1, 0.15) is 49.4 Å². The van der Waals surface area contributed by atoms with E-state index in [1.54, 1.807) is 0 Å². The second kappa shape index (κ2) is 5.26. The van der Waals surface area contributed by atoms with Crippen LogP contribution in [0.5, 0.6) is 0 Å². The molecule has 2 N–H and O–H groups in total. The summed E-state index contributed by atoms with van der Waals surface area (Å²) in [5.41, 5.74) is 6.83. The lowest BCUT2D eigenvalue weighted by Gasteiger charge is -2.14. The summed E-state index contributed by atoms with van der Waals surface area (Å²) in [6, 6.07) is 1.90. The van der Waals surface area contributed by atoms with Gasteiger partial charge >= 0.3 is 0 Å². The molecule has 2 aromatic rings. The summed E-state index contributed by atoms with van der Waals surface area (Å²) < 4.78 is 4.26. The predicted octanol–water partition coefficient (Wildman–Crippen LogP) is 1.90. The number of hydrogen-bond acceptors (Lipinski definition) is 4. The second-order valence-corrected chi connectivity index (χ2v) is 5.73. The van der Waals surface area contributed by atoms with Gasteiger partial charge < -0.3 is 10.3 Å². The van der Waals surface area contributed by atoms with Crippen LogP contribution < -0.4 is 5.73 Å². The molecule has 0 spiro atoms.